The zero-order chi connectivity index (χ0) is 10.1. The topological polar surface area (TPSA) is 43.8 Å². The second kappa shape index (κ2) is 3.63. The SMILES string of the molecule is Nc1nn(-c2cccc(Cl)c2)cc1Br. The van der Waals surface area contributed by atoms with Crippen molar-refractivity contribution < 1.29 is 0 Å². The fraction of sp³-hybridized carbons (Fsp3) is 0. The molecule has 0 bridgehead atoms. The van der Waals surface area contributed by atoms with E-state index in [-0.39, 0.29) is 0 Å². The Hall–Kier alpha value is -1.000. The van der Waals surface area contributed by atoms with Crippen LogP contribution in [0.1, 0.15) is 0 Å². The van der Waals surface area contributed by atoms with Gasteiger partial charge in [0, 0.05) is 11.2 Å². The Labute approximate surface area is 94.6 Å². The largest absolute Gasteiger partial charge is 0.381 e. The first-order chi connectivity index (χ1) is 6.66. The van der Waals surface area contributed by atoms with Crippen LogP contribution in [0.25, 0.3) is 5.69 Å². The zero-order valence-corrected chi connectivity index (χ0v) is 9.46. The van der Waals surface area contributed by atoms with E-state index in [1.165, 1.54) is 0 Å². The molecule has 3 nitrogen and oxygen atoms in total. The fourth-order valence-electron chi connectivity index (χ4n) is 1.12. The minimum atomic E-state index is 0.463. The normalized spacial score (nSPS) is 10.4. The molecular weight excluding hydrogens is 265 g/mol. The van der Waals surface area contributed by atoms with Crippen LogP contribution in [0.15, 0.2) is 34.9 Å². The summed E-state index contributed by atoms with van der Waals surface area (Å²) in [4.78, 5) is 0. The molecule has 5 heteroatoms. The van der Waals surface area contributed by atoms with Crippen LogP contribution in [0, 0.1) is 0 Å². The molecule has 0 aliphatic heterocycles. The van der Waals surface area contributed by atoms with Crippen molar-refractivity contribution in [2.45, 2.75) is 0 Å². The molecule has 0 radical (unpaired) electrons. The van der Waals surface area contributed by atoms with Crippen LogP contribution in [0.3, 0.4) is 0 Å². The lowest BCUT2D eigenvalue weighted by atomic mass is 10.3. The highest BCUT2D eigenvalue weighted by atomic mass is 79.9. The summed E-state index contributed by atoms with van der Waals surface area (Å²) in [6.45, 7) is 0. The highest BCUT2D eigenvalue weighted by Crippen LogP contribution is 2.20. The van der Waals surface area contributed by atoms with Crippen molar-refractivity contribution in [3.05, 3.63) is 40.0 Å². The van der Waals surface area contributed by atoms with Crippen LogP contribution in [-0.2, 0) is 0 Å². The number of hydrogen-bond donors (Lipinski definition) is 1. The third kappa shape index (κ3) is 1.76. The molecule has 0 aliphatic rings. The van der Waals surface area contributed by atoms with Crippen LogP contribution in [0.4, 0.5) is 5.82 Å². The average molecular weight is 273 g/mol. The first-order valence-corrected chi connectivity index (χ1v) is 5.10. The Kier molecular flexibility index (Phi) is 2.48. The highest BCUT2D eigenvalue weighted by Gasteiger charge is 2.03. The van der Waals surface area contributed by atoms with Crippen molar-refractivity contribution >= 4 is 33.3 Å². The molecule has 0 fully saturated rings. The first-order valence-electron chi connectivity index (χ1n) is 3.93. The molecule has 0 unspecified atom stereocenters. The van der Waals surface area contributed by atoms with E-state index in [4.69, 9.17) is 17.3 Å². The van der Waals surface area contributed by atoms with Crippen LogP contribution < -0.4 is 5.73 Å². The van der Waals surface area contributed by atoms with E-state index in [1.54, 1.807) is 10.9 Å². The molecule has 0 spiro atoms. The van der Waals surface area contributed by atoms with Gasteiger partial charge in [0.15, 0.2) is 5.82 Å². The van der Waals surface area contributed by atoms with Crippen LogP contribution in [0.2, 0.25) is 5.02 Å². The van der Waals surface area contributed by atoms with Gasteiger partial charge in [0.25, 0.3) is 0 Å². The molecule has 0 aliphatic carbocycles. The molecular formula is C9H7BrClN3. The Morgan fingerprint density at radius 2 is 2.21 bits per heavy atom. The summed E-state index contributed by atoms with van der Waals surface area (Å²) in [7, 11) is 0. The molecule has 0 saturated carbocycles. The summed E-state index contributed by atoms with van der Waals surface area (Å²) >= 11 is 9.15. The smallest absolute Gasteiger partial charge is 0.160 e. The molecule has 14 heavy (non-hydrogen) atoms. The lowest BCUT2D eigenvalue weighted by Crippen LogP contribution is -1.95. The third-order valence-electron chi connectivity index (χ3n) is 1.77. The van der Waals surface area contributed by atoms with E-state index >= 15 is 0 Å². The van der Waals surface area contributed by atoms with E-state index in [9.17, 15) is 0 Å². The standard InChI is InChI=1S/C9H7BrClN3/c10-8-5-14(13-9(8)12)7-3-1-2-6(11)4-7/h1-5H,(H2,12,13). The molecule has 1 aromatic heterocycles. The number of anilines is 1. The van der Waals surface area contributed by atoms with Gasteiger partial charge in [-0.15, -0.1) is 5.10 Å². The maximum Gasteiger partial charge on any atom is 0.160 e. The summed E-state index contributed by atoms with van der Waals surface area (Å²) < 4.78 is 2.45. The highest BCUT2D eigenvalue weighted by molar-refractivity contribution is 9.10. The van der Waals surface area contributed by atoms with E-state index in [0.29, 0.717) is 10.8 Å². The molecule has 0 amide bonds. The number of nitrogen functional groups attached to an aromatic ring is 1. The predicted molar refractivity (Wildman–Crippen MR) is 60.7 cm³/mol. The lowest BCUT2D eigenvalue weighted by molar-refractivity contribution is 0.886. The van der Waals surface area contributed by atoms with Crippen molar-refractivity contribution in [2.75, 3.05) is 5.73 Å². The average Bonchev–Trinajstić information content (AvgIpc) is 2.47. The predicted octanol–water partition coefficient (Wildman–Crippen LogP) is 2.87. The monoisotopic (exact) mass is 271 g/mol. The van der Waals surface area contributed by atoms with Gasteiger partial charge in [0.1, 0.15) is 0 Å². The van der Waals surface area contributed by atoms with Gasteiger partial charge in [-0.1, -0.05) is 17.7 Å². The van der Waals surface area contributed by atoms with Crippen molar-refractivity contribution in [3.63, 3.8) is 0 Å². The van der Waals surface area contributed by atoms with E-state index in [2.05, 4.69) is 21.0 Å². The number of rotatable bonds is 1. The van der Waals surface area contributed by atoms with E-state index in [1.807, 2.05) is 24.3 Å². The molecule has 1 aromatic carbocycles. The van der Waals surface area contributed by atoms with Crippen LogP contribution in [-0.4, -0.2) is 9.78 Å². The number of nitrogens with two attached hydrogens (primary N) is 1. The van der Waals surface area contributed by atoms with Gasteiger partial charge in [-0.25, -0.2) is 4.68 Å². The number of hydrogen-bond acceptors (Lipinski definition) is 2. The molecule has 0 atom stereocenters. The molecule has 2 rings (SSSR count). The summed E-state index contributed by atoms with van der Waals surface area (Å²) in [5.41, 5.74) is 6.49. The van der Waals surface area contributed by atoms with E-state index in [0.717, 1.165) is 10.2 Å². The lowest BCUT2D eigenvalue weighted by Gasteiger charge is -2.00. The molecule has 2 N–H and O–H groups in total. The molecule has 2 aromatic rings. The molecule has 1 heterocycles. The van der Waals surface area contributed by atoms with Gasteiger partial charge >= 0.3 is 0 Å². The minimum absolute atomic E-state index is 0.463. The number of nitrogens with zero attached hydrogens (tertiary/aromatic N) is 2. The minimum Gasteiger partial charge on any atom is -0.381 e. The second-order valence-corrected chi connectivity index (χ2v) is 4.08. The zero-order valence-electron chi connectivity index (χ0n) is 7.11. The Morgan fingerprint density at radius 1 is 1.43 bits per heavy atom. The van der Waals surface area contributed by atoms with Crippen molar-refractivity contribution in [3.8, 4) is 5.69 Å². The first kappa shape index (κ1) is 9.55. The third-order valence-corrected chi connectivity index (χ3v) is 2.61. The van der Waals surface area contributed by atoms with Crippen LogP contribution >= 0.6 is 27.5 Å². The Balaban J connectivity index is 2.49. The summed E-state index contributed by atoms with van der Waals surface area (Å²) in [5, 5.41) is 4.78. The maximum absolute atomic E-state index is 5.86. The quantitative estimate of drug-likeness (QED) is 0.867. The number of benzene rings is 1. The summed E-state index contributed by atoms with van der Waals surface area (Å²) in [6, 6.07) is 7.40. The van der Waals surface area contributed by atoms with Gasteiger partial charge in [-0.05, 0) is 34.1 Å². The van der Waals surface area contributed by atoms with Crippen molar-refractivity contribution in [2.24, 2.45) is 0 Å². The molecule has 72 valence electrons. The van der Waals surface area contributed by atoms with Gasteiger partial charge in [-0.2, -0.15) is 0 Å². The van der Waals surface area contributed by atoms with Gasteiger partial charge < -0.3 is 5.73 Å². The summed E-state index contributed by atoms with van der Waals surface area (Å²) in [5.74, 6) is 0.463. The second-order valence-electron chi connectivity index (χ2n) is 2.79. The number of aromatic nitrogens is 2. The Morgan fingerprint density at radius 3 is 2.79 bits per heavy atom. The summed E-state index contributed by atoms with van der Waals surface area (Å²) in [6.07, 6.45) is 1.79. The van der Waals surface area contributed by atoms with Gasteiger partial charge in [0.05, 0.1) is 10.2 Å². The van der Waals surface area contributed by atoms with Gasteiger partial charge in [-0.3, -0.25) is 0 Å². The van der Waals surface area contributed by atoms with Crippen LogP contribution in [0.5, 0.6) is 0 Å². The fourth-order valence-corrected chi connectivity index (χ4v) is 1.57. The molecule has 0 saturated heterocycles. The van der Waals surface area contributed by atoms with Gasteiger partial charge in [0.2, 0.25) is 0 Å². The van der Waals surface area contributed by atoms with Crippen molar-refractivity contribution in [1.82, 2.24) is 9.78 Å². The van der Waals surface area contributed by atoms with E-state index < -0.39 is 0 Å². The number of halogens is 2. The van der Waals surface area contributed by atoms with Crippen molar-refractivity contribution in [1.29, 1.82) is 0 Å². The maximum atomic E-state index is 5.86. The Bertz CT molecular complexity index is 447.